The van der Waals surface area contributed by atoms with Crippen LogP contribution in [0.3, 0.4) is 0 Å². The second kappa shape index (κ2) is 9.23. The van der Waals surface area contributed by atoms with Crippen LogP contribution in [0.15, 0.2) is 33.9 Å². The molecule has 1 aliphatic rings. The van der Waals surface area contributed by atoms with Crippen molar-refractivity contribution in [1.29, 1.82) is 0 Å². The average molecular weight is 481 g/mol. The van der Waals surface area contributed by atoms with E-state index in [1.165, 1.54) is 10.6 Å². The zero-order valence-corrected chi connectivity index (χ0v) is 18.0. The van der Waals surface area contributed by atoms with Crippen molar-refractivity contribution in [3.8, 4) is 11.4 Å². The number of alkyl halides is 4. The predicted molar refractivity (Wildman–Crippen MR) is 112 cm³/mol. The Morgan fingerprint density at radius 1 is 1.39 bits per heavy atom. The first-order chi connectivity index (χ1) is 14.2. The molecule has 3 N–H and O–H groups in total. The van der Waals surface area contributed by atoms with Gasteiger partial charge < -0.3 is 24.9 Å². The number of piperidine rings is 1. The van der Waals surface area contributed by atoms with Crippen molar-refractivity contribution in [1.82, 2.24) is 19.4 Å². The first-order valence-electron chi connectivity index (χ1n) is 9.27. The summed E-state index contributed by atoms with van der Waals surface area (Å²) in [5.74, 6) is 0.132. The van der Waals surface area contributed by atoms with Gasteiger partial charge in [-0.1, -0.05) is 5.16 Å². The number of hydrogen-bond donors (Lipinski definition) is 2. The maximum atomic E-state index is 14.5. The monoisotopic (exact) mass is 480 g/mol. The minimum Gasteiger partial charge on any atom is -0.378 e. The summed E-state index contributed by atoms with van der Waals surface area (Å²) in [5.41, 5.74) is 2.11. The SMILES string of the molecule is CN1CC[C@@H](Nc2cccn3c(SC(F)(F)F)c(-c4noc(CN)n4)cc23)[C@@H](F)C1.Cl. The highest BCUT2D eigenvalue weighted by Crippen LogP contribution is 2.43. The number of nitrogens with two attached hydrogens (primary N) is 1. The predicted octanol–water partition coefficient (Wildman–Crippen LogP) is 3.94. The van der Waals surface area contributed by atoms with Crippen molar-refractivity contribution in [3.05, 3.63) is 30.3 Å². The molecule has 0 saturated carbocycles. The lowest BCUT2D eigenvalue weighted by atomic mass is 10.0. The number of rotatable bonds is 5. The molecule has 0 bridgehead atoms. The molecule has 0 spiro atoms. The Hall–Kier alpha value is -2.02. The molecular formula is C18H21ClF4N6OS. The fourth-order valence-electron chi connectivity index (χ4n) is 3.54. The molecule has 0 amide bonds. The van der Waals surface area contributed by atoms with Gasteiger partial charge in [-0.15, -0.1) is 12.4 Å². The summed E-state index contributed by atoms with van der Waals surface area (Å²) in [6.45, 7) is 1.00. The van der Waals surface area contributed by atoms with E-state index in [0.717, 1.165) is 6.54 Å². The first kappa shape index (κ1) is 23.6. The molecule has 1 fully saturated rings. The second-order valence-electron chi connectivity index (χ2n) is 7.12. The largest absolute Gasteiger partial charge is 0.447 e. The van der Waals surface area contributed by atoms with Gasteiger partial charge in [0, 0.05) is 31.0 Å². The quantitative estimate of drug-likeness (QED) is 0.422. The molecule has 13 heteroatoms. The minimum absolute atomic E-state index is 0. The van der Waals surface area contributed by atoms with Gasteiger partial charge in [-0.3, -0.25) is 0 Å². The zero-order valence-electron chi connectivity index (χ0n) is 16.4. The number of nitrogens with zero attached hydrogens (tertiary/aromatic N) is 4. The van der Waals surface area contributed by atoms with Gasteiger partial charge in [0.2, 0.25) is 11.7 Å². The molecule has 0 aromatic carbocycles. The molecule has 1 aliphatic heterocycles. The summed E-state index contributed by atoms with van der Waals surface area (Å²) >= 11 is -0.268. The molecule has 170 valence electrons. The Balaban J connectivity index is 0.00000272. The molecule has 0 aliphatic carbocycles. The van der Waals surface area contributed by atoms with Gasteiger partial charge in [-0.25, -0.2) is 4.39 Å². The lowest BCUT2D eigenvalue weighted by Crippen LogP contribution is -2.46. The van der Waals surface area contributed by atoms with Crippen LogP contribution in [0.1, 0.15) is 12.3 Å². The maximum absolute atomic E-state index is 14.5. The second-order valence-corrected chi connectivity index (χ2v) is 8.18. The van der Waals surface area contributed by atoms with Crippen LogP contribution in [0.2, 0.25) is 0 Å². The highest BCUT2D eigenvalue weighted by Gasteiger charge is 2.34. The number of thioether (sulfide) groups is 1. The summed E-state index contributed by atoms with van der Waals surface area (Å²) in [6, 6.07) is 4.44. The highest BCUT2D eigenvalue weighted by molar-refractivity contribution is 8.00. The summed E-state index contributed by atoms with van der Waals surface area (Å²) in [5, 5.41) is 6.83. The van der Waals surface area contributed by atoms with Crippen LogP contribution in [0.5, 0.6) is 0 Å². The maximum Gasteiger partial charge on any atom is 0.447 e. The van der Waals surface area contributed by atoms with E-state index in [-0.39, 0.29) is 53.0 Å². The third-order valence-corrected chi connectivity index (χ3v) is 5.79. The van der Waals surface area contributed by atoms with Gasteiger partial charge in [-0.05, 0) is 31.7 Å². The smallest absolute Gasteiger partial charge is 0.378 e. The number of halogens is 5. The van der Waals surface area contributed by atoms with Crippen molar-refractivity contribution in [2.24, 2.45) is 5.73 Å². The Morgan fingerprint density at radius 2 is 2.16 bits per heavy atom. The Bertz CT molecular complexity index is 1040. The van der Waals surface area contributed by atoms with Crippen molar-refractivity contribution in [3.63, 3.8) is 0 Å². The van der Waals surface area contributed by atoms with Gasteiger partial charge in [0.25, 0.3) is 0 Å². The summed E-state index contributed by atoms with van der Waals surface area (Å²) in [6.07, 6.45) is 1.01. The van der Waals surface area contributed by atoms with Crippen LogP contribution in [0.4, 0.5) is 23.2 Å². The molecule has 7 nitrogen and oxygen atoms in total. The third kappa shape index (κ3) is 5.08. The molecule has 1 saturated heterocycles. The number of fused-ring (bicyclic) bond motifs is 1. The lowest BCUT2D eigenvalue weighted by molar-refractivity contribution is -0.0329. The number of anilines is 1. The summed E-state index contributed by atoms with van der Waals surface area (Å²) in [4.78, 5) is 5.97. The van der Waals surface area contributed by atoms with Crippen molar-refractivity contribution >= 4 is 35.4 Å². The topological polar surface area (TPSA) is 84.6 Å². The normalized spacial score (nSPS) is 20.1. The number of hydrogen-bond acceptors (Lipinski definition) is 7. The minimum atomic E-state index is -4.52. The van der Waals surface area contributed by atoms with Crippen LogP contribution in [0, 0.1) is 0 Å². The van der Waals surface area contributed by atoms with Gasteiger partial charge in [0.1, 0.15) is 6.17 Å². The Labute approximate surface area is 185 Å². The van der Waals surface area contributed by atoms with E-state index < -0.39 is 17.7 Å². The average Bonchev–Trinajstić information content (AvgIpc) is 3.28. The number of pyridine rings is 1. The van der Waals surface area contributed by atoms with E-state index >= 15 is 0 Å². The molecule has 2 atom stereocenters. The van der Waals surface area contributed by atoms with E-state index in [1.54, 1.807) is 18.2 Å². The van der Waals surface area contributed by atoms with Crippen LogP contribution < -0.4 is 11.1 Å². The van der Waals surface area contributed by atoms with E-state index in [0.29, 0.717) is 24.2 Å². The summed E-state index contributed by atoms with van der Waals surface area (Å²) < 4.78 is 60.7. The standard InChI is InChI=1S/C18H20F4N6OS.ClH/c1-27-6-4-12(11(19)9-27)24-13-3-2-5-28-14(13)7-10(17(28)30-18(20,21)22)16-25-15(8-23)29-26-16;/h2-3,5,7,11-12,24H,4,6,8-9,23H2,1H3;1H/t11-,12+;/m0./s1. The van der Waals surface area contributed by atoms with E-state index in [9.17, 15) is 17.6 Å². The van der Waals surface area contributed by atoms with Crippen molar-refractivity contribution < 1.29 is 22.1 Å². The molecule has 0 radical (unpaired) electrons. The van der Waals surface area contributed by atoms with Crippen LogP contribution >= 0.6 is 24.2 Å². The van der Waals surface area contributed by atoms with Crippen molar-refractivity contribution in [2.45, 2.75) is 35.7 Å². The van der Waals surface area contributed by atoms with Crippen molar-refractivity contribution in [2.75, 3.05) is 25.5 Å². The molecule has 31 heavy (non-hydrogen) atoms. The molecule has 4 heterocycles. The molecule has 3 aromatic rings. The number of likely N-dealkylation sites (tertiary alicyclic amines) is 1. The van der Waals surface area contributed by atoms with Gasteiger partial charge >= 0.3 is 5.51 Å². The highest BCUT2D eigenvalue weighted by atomic mass is 35.5. The van der Waals surface area contributed by atoms with Gasteiger partial charge in [-0.2, -0.15) is 18.2 Å². The fourth-order valence-corrected chi connectivity index (χ4v) is 4.27. The van der Waals surface area contributed by atoms with Crippen LogP contribution in [-0.2, 0) is 6.54 Å². The van der Waals surface area contributed by atoms with E-state index in [1.807, 2.05) is 11.9 Å². The molecule has 4 rings (SSSR count). The Morgan fingerprint density at radius 3 is 2.81 bits per heavy atom. The van der Waals surface area contributed by atoms with Crippen LogP contribution in [-0.4, -0.2) is 57.3 Å². The van der Waals surface area contributed by atoms with Gasteiger partial charge in [0.05, 0.1) is 34.4 Å². The molecule has 0 unspecified atom stereocenters. The number of nitrogens with one attached hydrogen (secondary N) is 1. The van der Waals surface area contributed by atoms with Crippen LogP contribution in [0.25, 0.3) is 16.9 Å². The lowest BCUT2D eigenvalue weighted by Gasteiger charge is -2.33. The third-order valence-electron chi connectivity index (χ3n) is 4.95. The van der Waals surface area contributed by atoms with Gasteiger partial charge in [0.15, 0.2) is 0 Å². The first-order valence-corrected chi connectivity index (χ1v) is 10.1. The number of aromatic nitrogens is 3. The fraction of sp³-hybridized carbons (Fsp3) is 0.444. The summed E-state index contributed by atoms with van der Waals surface area (Å²) in [7, 11) is 1.85. The zero-order chi connectivity index (χ0) is 21.5. The molecule has 3 aromatic heterocycles. The Kier molecular flexibility index (Phi) is 7.04. The molecular weight excluding hydrogens is 460 g/mol. The van der Waals surface area contributed by atoms with E-state index in [2.05, 4.69) is 15.5 Å². The van der Waals surface area contributed by atoms with E-state index in [4.69, 9.17) is 10.3 Å².